The van der Waals surface area contributed by atoms with Crippen molar-refractivity contribution in [3.8, 4) is 5.75 Å². The predicted octanol–water partition coefficient (Wildman–Crippen LogP) is 1.67. The zero-order valence-corrected chi connectivity index (χ0v) is 10.4. The summed E-state index contributed by atoms with van der Waals surface area (Å²) in [7, 11) is 0. The van der Waals surface area contributed by atoms with Crippen LogP contribution in [0.25, 0.3) is 0 Å². The van der Waals surface area contributed by atoms with Gasteiger partial charge in [0, 0.05) is 37.4 Å². The Balaban J connectivity index is 1.93. The highest BCUT2D eigenvalue weighted by Crippen LogP contribution is 2.35. The number of nitrogens with one attached hydrogen (secondary N) is 1. The van der Waals surface area contributed by atoms with Crippen molar-refractivity contribution in [1.29, 1.82) is 0 Å². The van der Waals surface area contributed by atoms with Gasteiger partial charge in [0.15, 0.2) is 0 Å². The lowest BCUT2D eigenvalue weighted by Gasteiger charge is -2.34. The molecule has 1 aromatic rings. The molecular formula is C14H20N2O. The van der Waals surface area contributed by atoms with E-state index in [1.165, 1.54) is 11.3 Å². The van der Waals surface area contributed by atoms with Crippen molar-refractivity contribution in [2.75, 3.05) is 37.7 Å². The van der Waals surface area contributed by atoms with Crippen LogP contribution >= 0.6 is 0 Å². The molecule has 0 spiro atoms. The second kappa shape index (κ2) is 4.57. The van der Waals surface area contributed by atoms with Crippen LogP contribution in [0.2, 0.25) is 0 Å². The highest BCUT2D eigenvalue weighted by Gasteiger charge is 2.22. The van der Waals surface area contributed by atoms with Gasteiger partial charge in [0.2, 0.25) is 0 Å². The normalized spacial score (nSPS) is 24.1. The lowest BCUT2D eigenvalue weighted by atomic mass is 9.96. The topological polar surface area (TPSA) is 24.5 Å². The molecule has 1 aromatic carbocycles. The molecule has 92 valence electrons. The first-order valence-corrected chi connectivity index (χ1v) is 6.55. The van der Waals surface area contributed by atoms with Crippen molar-refractivity contribution in [1.82, 2.24) is 5.32 Å². The molecule has 0 aromatic heterocycles. The molecule has 0 amide bonds. The molecule has 3 nitrogen and oxygen atoms in total. The summed E-state index contributed by atoms with van der Waals surface area (Å²) in [5, 5.41) is 3.40. The van der Waals surface area contributed by atoms with Gasteiger partial charge in [-0.25, -0.2) is 0 Å². The van der Waals surface area contributed by atoms with Crippen molar-refractivity contribution in [2.24, 2.45) is 5.92 Å². The number of benzene rings is 1. The molecule has 2 aliphatic heterocycles. The van der Waals surface area contributed by atoms with Gasteiger partial charge < -0.3 is 15.0 Å². The second-order valence-electron chi connectivity index (χ2n) is 5.11. The number of piperazine rings is 1. The second-order valence-corrected chi connectivity index (χ2v) is 5.11. The number of hydrogen-bond acceptors (Lipinski definition) is 3. The Labute approximate surface area is 103 Å². The Bertz CT molecular complexity index is 399. The zero-order chi connectivity index (χ0) is 11.7. The van der Waals surface area contributed by atoms with Crippen LogP contribution in [0.4, 0.5) is 5.69 Å². The molecule has 2 heterocycles. The molecule has 1 N–H and O–H groups in total. The van der Waals surface area contributed by atoms with Gasteiger partial charge in [-0.2, -0.15) is 0 Å². The maximum atomic E-state index is 5.82. The van der Waals surface area contributed by atoms with Crippen molar-refractivity contribution in [2.45, 2.75) is 13.3 Å². The predicted molar refractivity (Wildman–Crippen MR) is 69.9 cm³/mol. The van der Waals surface area contributed by atoms with Crippen LogP contribution in [-0.2, 0) is 6.42 Å². The van der Waals surface area contributed by atoms with E-state index in [2.05, 4.69) is 35.3 Å². The van der Waals surface area contributed by atoms with Gasteiger partial charge in [-0.05, 0) is 24.5 Å². The van der Waals surface area contributed by atoms with E-state index in [0.717, 1.165) is 45.0 Å². The Morgan fingerprint density at radius 1 is 1.29 bits per heavy atom. The summed E-state index contributed by atoms with van der Waals surface area (Å²) >= 11 is 0. The minimum Gasteiger partial charge on any atom is -0.493 e. The van der Waals surface area contributed by atoms with Crippen molar-refractivity contribution in [3.63, 3.8) is 0 Å². The molecule has 1 unspecified atom stereocenters. The third kappa shape index (κ3) is 2.12. The standard InChI is InChI=1S/C14H20N2O/c1-11-9-12-13(16-7-5-15-6-8-16)3-2-4-14(12)17-10-11/h2-4,11,15H,5-10H2,1H3. The fourth-order valence-corrected chi connectivity index (χ4v) is 2.74. The van der Waals surface area contributed by atoms with E-state index in [0.29, 0.717) is 5.92 Å². The Hall–Kier alpha value is -1.22. The van der Waals surface area contributed by atoms with Crippen molar-refractivity contribution >= 4 is 5.69 Å². The first-order valence-electron chi connectivity index (χ1n) is 6.55. The fourth-order valence-electron chi connectivity index (χ4n) is 2.74. The van der Waals surface area contributed by atoms with Crippen LogP contribution in [0, 0.1) is 5.92 Å². The lowest BCUT2D eigenvalue weighted by Crippen LogP contribution is -2.44. The molecular weight excluding hydrogens is 212 g/mol. The summed E-state index contributed by atoms with van der Waals surface area (Å²) in [6, 6.07) is 6.46. The molecule has 3 rings (SSSR count). The number of anilines is 1. The first kappa shape index (κ1) is 10.9. The van der Waals surface area contributed by atoms with E-state index in [1.807, 2.05) is 0 Å². The van der Waals surface area contributed by atoms with Gasteiger partial charge in [-0.15, -0.1) is 0 Å². The van der Waals surface area contributed by atoms with Gasteiger partial charge in [0.25, 0.3) is 0 Å². The smallest absolute Gasteiger partial charge is 0.124 e. The molecule has 3 heteroatoms. The van der Waals surface area contributed by atoms with Crippen molar-refractivity contribution in [3.05, 3.63) is 23.8 Å². The van der Waals surface area contributed by atoms with Gasteiger partial charge in [-0.1, -0.05) is 13.0 Å². The van der Waals surface area contributed by atoms with Crippen molar-refractivity contribution < 1.29 is 4.74 Å². The summed E-state index contributed by atoms with van der Waals surface area (Å²) in [5.74, 6) is 1.73. The minimum atomic E-state index is 0.631. The molecule has 1 atom stereocenters. The Morgan fingerprint density at radius 2 is 2.12 bits per heavy atom. The van der Waals surface area contributed by atoms with E-state index in [1.54, 1.807) is 0 Å². The Kier molecular flexibility index (Phi) is 2.93. The third-order valence-corrected chi connectivity index (χ3v) is 3.64. The van der Waals surface area contributed by atoms with Crippen LogP contribution in [-0.4, -0.2) is 32.8 Å². The average Bonchev–Trinajstić information content (AvgIpc) is 2.39. The summed E-state index contributed by atoms with van der Waals surface area (Å²) in [5.41, 5.74) is 2.80. The third-order valence-electron chi connectivity index (χ3n) is 3.64. The summed E-state index contributed by atoms with van der Waals surface area (Å²) < 4.78 is 5.82. The van der Waals surface area contributed by atoms with E-state index in [9.17, 15) is 0 Å². The fraction of sp³-hybridized carbons (Fsp3) is 0.571. The van der Waals surface area contributed by atoms with Gasteiger partial charge in [-0.3, -0.25) is 0 Å². The van der Waals surface area contributed by atoms with Crippen LogP contribution in [0.1, 0.15) is 12.5 Å². The maximum Gasteiger partial charge on any atom is 0.124 e. The number of nitrogens with zero attached hydrogens (tertiary/aromatic N) is 1. The quantitative estimate of drug-likeness (QED) is 0.797. The monoisotopic (exact) mass is 232 g/mol. The van der Waals surface area contributed by atoms with E-state index < -0.39 is 0 Å². The molecule has 0 bridgehead atoms. The summed E-state index contributed by atoms with van der Waals surface area (Å²) in [6.45, 7) is 7.49. The van der Waals surface area contributed by atoms with Crippen LogP contribution in [0.15, 0.2) is 18.2 Å². The van der Waals surface area contributed by atoms with E-state index in [-0.39, 0.29) is 0 Å². The van der Waals surface area contributed by atoms with Crippen LogP contribution in [0.3, 0.4) is 0 Å². The molecule has 1 saturated heterocycles. The highest BCUT2D eigenvalue weighted by atomic mass is 16.5. The number of fused-ring (bicyclic) bond motifs is 1. The number of rotatable bonds is 1. The molecule has 0 radical (unpaired) electrons. The summed E-state index contributed by atoms with van der Waals surface area (Å²) in [6.07, 6.45) is 1.15. The van der Waals surface area contributed by atoms with E-state index in [4.69, 9.17) is 4.74 Å². The molecule has 17 heavy (non-hydrogen) atoms. The molecule has 2 aliphatic rings. The van der Waals surface area contributed by atoms with Gasteiger partial charge in [0.05, 0.1) is 6.61 Å². The van der Waals surface area contributed by atoms with Gasteiger partial charge in [0.1, 0.15) is 5.75 Å². The van der Waals surface area contributed by atoms with Crippen LogP contribution < -0.4 is 15.0 Å². The molecule has 0 aliphatic carbocycles. The maximum absolute atomic E-state index is 5.82. The SMILES string of the molecule is CC1COc2cccc(N3CCNCC3)c2C1. The lowest BCUT2D eigenvalue weighted by molar-refractivity contribution is 0.234. The largest absolute Gasteiger partial charge is 0.493 e. The zero-order valence-electron chi connectivity index (χ0n) is 10.4. The first-order chi connectivity index (χ1) is 8.34. The van der Waals surface area contributed by atoms with E-state index >= 15 is 0 Å². The molecule has 0 saturated carbocycles. The Morgan fingerprint density at radius 3 is 2.94 bits per heavy atom. The van der Waals surface area contributed by atoms with Gasteiger partial charge >= 0.3 is 0 Å². The number of hydrogen-bond donors (Lipinski definition) is 1. The minimum absolute atomic E-state index is 0.631. The summed E-state index contributed by atoms with van der Waals surface area (Å²) in [4.78, 5) is 2.48. The average molecular weight is 232 g/mol. The highest BCUT2D eigenvalue weighted by molar-refractivity contribution is 5.60. The van der Waals surface area contributed by atoms with Crippen LogP contribution in [0.5, 0.6) is 5.75 Å². The number of ether oxygens (including phenoxy) is 1. The molecule has 1 fully saturated rings.